The zero-order chi connectivity index (χ0) is 17.2. The molecule has 0 radical (unpaired) electrons. The van der Waals surface area contributed by atoms with Gasteiger partial charge in [-0.3, -0.25) is 9.21 Å². The first-order valence-electron chi connectivity index (χ1n) is 8.99. The molecular formula is C18H30ClN3O2S. The summed E-state index contributed by atoms with van der Waals surface area (Å²) in [7, 11) is -0.914. The third-order valence-electron chi connectivity index (χ3n) is 5.37. The second kappa shape index (κ2) is 8.71. The number of nitrogens with zero attached hydrogens (tertiary/aromatic N) is 2. The molecule has 2 saturated heterocycles. The molecule has 2 fully saturated rings. The van der Waals surface area contributed by atoms with Gasteiger partial charge in [0.1, 0.15) is 0 Å². The monoisotopic (exact) mass is 387 g/mol. The van der Waals surface area contributed by atoms with Gasteiger partial charge in [-0.05, 0) is 69.9 Å². The Kier molecular flexibility index (Phi) is 7.14. The molecule has 0 amide bonds. The van der Waals surface area contributed by atoms with Crippen LogP contribution in [0.25, 0.3) is 0 Å². The van der Waals surface area contributed by atoms with E-state index in [0.717, 1.165) is 37.7 Å². The normalized spacial score (nSPS) is 24.1. The molecule has 3 rings (SSSR count). The first-order chi connectivity index (χ1) is 11.5. The van der Waals surface area contributed by atoms with Crippen LogP contribution in [0.15, 0.2) is 24.3 Å². The maximum atomic E-state index is 12.0. The summed E-state index contributed by atoms with van der Waals surface area (Å²) in [5, 5.41) is 3.48. The van der Waals surface area contributed by atoms with Gasteiger partial charge in [-0.1, -0.05) is 12.1 Å². The highest BCUT2D eigenvalue weighted by Crippen LogP contribution is 2.27. The Bertz CT molecular complexity index is 645. The minimum atomic E-state index is -3.09. The van der Waals surface area contributed by atoms with Crippen LogP contribution in [0.2, 0.25) is 0 Å². The fourth-order valence-corrected chi connectivity index (χ4v) is 5.31. The molecule has 0 aliphatic carbocycles. The van der Waals surface area contributed by atoms with Crippen molar-refractivity contribution in [3.63, 3.8) is 0 Å². The van der Waals surface area contributed by atoms with Crippen LogP contribution < -0.4 is 9.62 Å². The summed E-state index contributed by atoms with van der Waals surface area (Å²) in [4.78, 5) is 2.40. The quantitative estimate of drug-likeness (QED) is 0.843. The van der Waals surface area contributed by atoms with E-state index in [2.05, 4.69) is 36.3 Å². The van der Waals surface area contributed by atoms with Crippen molar-refractivity contribution < 1.29 is 8.42 Å². The van der Waals surface area contributed by atoms with Crippen LogP contribution >= 0.6 is 12.4 Å². The zero-order valence-electron chi connectivity index (χ0n) is 15.1. The van der Waals surface area contributed by atoms with Crippen molar-refractivity contribution in [3.05, 3.63) is 29.8 Å². The van der Waals surface area contributed by atoms with Crippen LogP contribution in [0.3, 0.4) is 0 Å². The first-order valence-corrected chi connectivity index (χ1v) is 10.6. The van der Waals surface area contributed by atoms with Gasteiger partial charge in [-0.25, -0.2) is 8.42 Å². The molecular weight excluding hydrogens is 358 g/mol. The lowest BCUT2D eigenvalue weighted by Crippen LogP contribution is -2.37. The third kappa shape index (κ3) is 4.88. The van der Waals surface area contributed by atoms with Gasteiger partial charge in [0.2, 0.25) is 10.0 Å². The SMILES string of the molecule is CC(c1ccc(N2CCCS2(=O)=O)cc1)N(C)CC1CCCNC1.Cl. The van der Waals surface area contributed by atoms with Gasteiger partial charge >= 0.3 is 0 Å². The third-order valence-corrected chi connectivity index (χ3v) is 7.24. The topological polar surface area (TPSA) is 52.7 Å². The summed E-state index contributed by atoms with van der Waals surface area (Å²) in [6, 6.07) is 8.37. The highest BCUT2D eigenvalue weighted by atomic mass is 35.5. The Morgan fingerprint density at radius 2 is 2.00 bits per heavy atom. The van der Waals surface area contributed by atoms with E-state index in [-0.39, 0.29) is 18.2 Å². The van der Waals surface area contributed by atoms with Gasteiger partial charge in [-0.15, -0.1) is 12.4 Å². The maximum Gasteiger partial charge on any atom is 0.235 e. The number of hydrogen-bond donors (Lipinski definition) is 1. The summed E-state index contributed by atoms with van der Waals surface area (Å²) < 4.78 is 25.6. The van der Waals surface area contributed by atoms with Crippen LogP contribution in [-0.2, 0) is 10.0 Å². The summed E-state index contributed by atoms with van der Waals surface area (Å²) >= 11 is 0. The van der Waals surface area contributed by atoms with E-state index in [1.807, 2.05) is 12.1 Å². The van der Waals surface area contributed by atoms with E-state index < -0.39 is 10.0 Å². The number of benzene rings is 1. The highest BCUT2D eigenvalue weighted by molar-refractivity contribution is 7.93. The van der Waals surface area contributed by atoms with E-state index >= 15 is 0 Å². The second-order valence-electron chi connectivity index (χ2n) is 7.16. The van der Waals surface area contributed by atoms with Crippen LogP contribution in [-0.4, -0.2) is 52.3 Å². The van der Waals surface area contributed by atoms with Crippen LogP contribution in [0, 0.1) is 5.92 Å². The minimum absolute atomic E-state index is 0. The lowest BCUT2D eigenvalue weighted by atomic mass is 9.98. The minimum Gasteiger partial charge on any atom is -0.316 e. The largest absolute Gasteiger partial charge is 0.316 e. The molecule has 1 N–H and O–H groups in total. The zero-order valence-corrected chi connectivity index (χ0v) is 16.8. The molecule has 0 bridgehead atoms. The maximum absolute atomic E-state index is 12.0. The molecule has 2 heterocycles. The number of rotatable bonds is 5. The molecule has 0 spiro atoms. The van der Waals surface area contributed by atoms with Gasteiger partial charge in [0.05, 0.1) is 11.4 Å². The molecule has 5 nitrogen and oxygen atoms in total. The lowest BCUT2D eigenvalue weighted by molar-refractivity contribution is 0.199. The molecule has 25 heavy (non-hydrogen) atoms. The number of nitrogens with one attached hydrogen (secondary N) is 1. The van der Waals surface area contributed by atoms with E-state index in [0.29, 0.717) is 12.6 Å². The molecule has 0 saturated carbocycles. The van der Waals surface area contributed by atoms with Gasteiger partial charge in [0.25, 0.3) is 0 Å². The lowest BCUT2D eigenvalue weighted by Gasteiger charge is -2.31. The fraction of sp³-hybridized carbons (Fsp3) is 0.667. The number of piperidine rings is 1. The van der Waals surface area contributed by atoms with Crippen LogP contribution in [0.5, 0.6) is 0 Å². The summed E-state index contributed by atoms with van der Waals surface area (Å²) in [5.41, 5.74) is 2.03. The number of anilines is 1. The van der Waals surface area contributed by atoms with E-state index in [1.54, 1.807) is 4.31 Å². The average Bonchev–Trinajstić information content (AvgIpc) is 2.94. The fourth-order valence-electron chi connectivity index (χ4n) is 3.75. The number of hydrogen-bond acceptors (Lipinski definition) is 4. The van der Waals surface area contributed by atoms with Crippen molar-refractivity contribution in [3.8, 4) is 0 Å². The smallest absolute Gasteiger partial charge is 0.235 e. The van der Waals surface area contributed by atoms with Crippen molar-refractivity contribution in [2.45, 2.75) is 32.2 Å². The van der Waals surface area contributed by atoms with Gasteiger partial charge < -0.3 is 5.32 Å². The molecule has 1 aromatic carbocycles. The van der Waals surface area contributed by atoms with Crippen molar-refractivity contribution in [1.29, 1.82) is 0 Å². The van der Waals surface area contributed by atoms with Crippen LogP contribution in [0.1, 0.15) is 37.8 Å². The molecule has 1 aromatic rings. The predicted molar refractivity (Wildman–Crippen MR) is 106 cm³/mol. The molecule has 2 aliphatic rings. The number of sulfonamides is 1. The van der Waals surface area contributed by atoms with E-state index in [4.69, 9.17) is 0 Å². The standard InChI is InChI=1S/C18H29N3O2S.ClH/c1-15(20(2)14-16-5-3-10-19-13-16)17-6-8-18(9-7-17)21-11-4-12-24(21,22)23;/h6-9,15-16,19H,3-5,10-14H2,1-2H3;1H. The van der Waals surface area contributed by atoms with Crippen molar-refractivity contribution >= 4 is 28.1 Å². The van der Waals surface area contributed by atoms with Crippen molar-refractivity contribution in [1.82, 2.24) is 10.2 Å². The van der Waals surface area contributed by atoms with Gasteiger partial charge in [0.15, 0.2) is 0 Å². The first kappa shape index (κ1) is 20.5. The van der Waals surface area contributed by atoms with Crippen molar-refractivity contribution in [2.24, 2.45) is 5.92 Å². The van der Waals surface area contributed by atoms with Gasteiger partial charge in [-0.2, -0.15) is 0 Å². The average molecular weight is 388 g/mol. The Morgan fingerprint density at radius 1 is 1.28 bits per heavy atom. The van der Waals surface area contributed by atoms with Crippen LogP contribution in [0.4, 0.5) is 5.69 Å². The molecule has 0 aromatic heterocycles. The predicted octanol–water partition coefficient (Wildman–Crippen LogP) is 2.64. The molecule has 2 unspecified atom stereocenters. The van der Waals surface area contributed by atoms with Crippen molar-refractivity contribution in [2.75, 3.05) is 43.3 Å². The second-order valence-corrected chi connectivity index (χ2v) is 9.17. The molecule has 142 valence electrons. The summed E-state index contributed by atoms with van der Waals surface area (Å²) in [5.74, 6) is 0.990. The van der Waals surface area contributed by atoms with E-state index in [9.17, 15) is 8.42 Å². The Balaban J connectivity index is 0.00000225. The Labute approximate surface area is 158 Å². The molecule has 2 atom stereocenters. The highest BCUT2D eigenvalue weighted by Gasteiger charge is 2.28. The molecule has 7 heteroatoms. The summed E-state index contributed by atoms with van der Waals surface area (Å²) in [6.07, 6.45) is 3.29. The van der Waals surface area contributed by atoms with Gasteiger partial charge in [0, 0.05) is 19.1 Å². The summed E-state index contributed by atoms with van der Waals surface area (Å²) in [6.45, 7) is 6.18. The van der Waals surface area contributed by atoms with E-state index in [1.165, 1.54) is 18.4 Å². The molecule has 2 aliphatic heterocycles. The number of halogens is 1. The Morgan fingerprint density at radius 3 is 2.56 bits per heavy atom. The Hall–Kier alpha value is -0.820.